The number of amides is 2. The van der Waals surface area contributed by atoms with Gasteiger partial charge >= 0.3 is 6.03 Å². The normalized spacial score (nSPS) is 20.2. The molecule has 8 heteroatoms. The Morgan fingerprint density at radius 2 is 1.62 bits per heavy atom. The Labute approximate surface area is 142 Å². The molecule has 1 aromatic carbocycles. The maximum absolute atomic E-state index is 12.7. The molecule has 7 nitrogen and oxygen atoms in total. The summed E-state index contributed by atoms with van der Waals surface area (Å²) in [6.07, 6.45) is 0. The highest BCUT2D eigenvalue weighted by molar-refractivity contribution is 7.89. The van der Waals surface area contributed by atoms with Gasteiger partial charge in [0.1, 0.15) is 0 Å². The van der Waals surface area contributed by atoms with Gasteiger partial charge in [0.05, 0.1) is 18.1 Å². The number of piperazine rings is 1. The highest BCUT2D eigenvalue weighted by Crippen LogP contribution is 2.19. The second-order valence-electron chi connectivity index (χ2n) is 6.09. The van der Waals surface area contributed by atoms with Crippen molar-refractivity contribution in [2.24, 2.45) is 0 Å². The third-order valence-electron chi connectivity index (χ3n) is 4.42. The van der Waals surface area contributed by atoms with Gasteiger partial charge in [0.15, 0.2) is 0 Å². The summed E-state index contributed by atoms with van der Waals surface area (Å²) >= 11 is 0. The average Bonchev–Trinajstić information content (AvgIpc) is 2.62. The molecule has 2 fully saturated rings. The van der Waals surface area contributed by atoms with Gasteiger partial charge < -0.3 is 14.5 Å². The number of hydrogen-bond acceptors (Lipinski definition) is 4. The molecular weight excluding hydrogens is 330 g/mol. The van der Waals surface area contributed by atoms with Crippen molar-refractivity contribution in [1.29, 1.82) is 0 Å². The van der Waals surface area contributed by atoms with Crippen molar-refractivity contribution in [2.75, 3.05) is 52.5 Å². The van der Waals surface area contributed by atoms with Crippen LogP contribution >= 0.6 is 0 Å². The third-order valence-corrected chi connectivity index (χ3v) is 6.31. The maximum atomic E-state index is 12.7. The van der Waals surface area contributed by atoms with E-state index in [2.05, 4.69) is 0 Å². The Morgan fingerprint density at radius 3 is 2.25 bits per heavy atom. The Morgan fingerprint density at radius 1 is 1.00 bits per heavy atom. The van der Waals surface area contributed by atoms with Crippen LogP contribution in [0.2, 0.25) is 0 Å². The van der Waals surface area contributed by atoms with Crippen molar-refractivity contribution in [3.05, 3.63) is 29.8 Å². The van der Waals surface area contributed by atoms with Crippen molar-refractivity contribution < 1.29 is 17.9 Å². The highest BCUT2D eigenvalue weighted by atomic mass is 32.2. The van der Waals surface area contributed by atoms with E-state index in [1.807, 2.05) is 13.0 Å². The molecule has 0 atom stereocenters. The molecule has 0 aliphatic carbocycles. The zero-order valence-electron chi connectivity index (χ0n) is 13.8. The standard InChI is InChI=1S/C16H23N3O4S/c1-14-3-2-4-15(13-14)24(21,22)19-7-5-17(6-8-19)16(20)18-9-11-23-12-10-18/h2-4,13H,5-12H2,1H3. The Balaban J connectivity index is 1.63. The number of hydrogen-bond donors (Lipinski definition) is 0. The van der Waals surface area contributed by atoms with Crippen LogP contribution in [-0.4, -0.2) is 81.0 Å². The molecule has 0 aromatic heterocycles. The minimum absolute atomic E-state index is 0.0223. The van der Waals surface area contributed by atoms with Crippen molar-refractivity contribution in [3.63, 3.8) is 0 Å². The smallest absolute Gasteiger partial charge is 0.320 e. The van der Waals surface area contributed by atoms with Gasteiger partial charge in [0, 0.05) is 39.3 Å². The number of urea groups is 1. The predicted molar refractivity (Wildman–Crippen MR) is 89.3 cm³/mol. The number of rotatable bonds is 2. The van der Waals surface area contributed by atoms with Gasteiger partial charge in [-0.25, -0.2) is 13.2 Å². The fourth-order valence-electron chi connectivity index (χ4n) is 3.00. The Kier molecular flexibility index (Phi) is 5.07. The molecule has 0 unspecified atom stereocenters. The zero-order chi connectivity index (χ0) is 17.2. The lowest BCUT2D eigenvalue weighted by Crippen LogP contribution is -2.55. The minimum Gasteiger partial charge on any atom is -0.378 e. The molecule has 2 saturated heterocycles. The van der Waals surface area contributed by atoms with Crippen LogP contribution in [0.3, 0.4) is 0 Å². The second-order valence-corrected chi connectivity index (χ2v) is 8.03. The van der Waals surface area contributed by atoms with E-state index in [-0.39, 0.29) is 6.03 Å². The van der Waals surface area contributed by atoms with E-state index in [4.69, 9.17) is 4.74 Å². The summed E-state index contributed by atoms with van der Waals surface area (Å²) in [6, 6.07) is 6.90. The topological polar surface area (TPSA) is 70.2 Å². The van der Waals surface area contributed by atoms with Gasteiger partial charge in [-0.05, 0) is 24.6 Å². The fraction of sp³-hybridized carbons (Fsp3) is 0.562. The number of sulfonamides is 1. The molecule has 132 valence electrons. The first-order valence-corrected chi connectivity index (χ1v) is 9.61. The molecule has 3 rings (SSSR count). The lowest BCUT2D eigenvalue weighted by atomic mass is 10.2. The second kappa shape index (κ2) is 7.08. The van der Waals surface area contributed by atoms with Crippen LogP contribution in [0.4, 0.5) is 4.79 Å². The van der Waals surface area contributed by atoms with E-state index in [1.54, 1.807) is 28.0 Å². The third kappa shape index (κ3) is 3.55. The predicted octanol–water partition coefficient (Wildman–Crippen LogP) is 0.754. The number of morpholine rings is 1. The minimum atomic E-state index is -3.50. The van der Waals surface area contributed by atoms with E-state index in [1.165, 1.54) is 4.31 Å². The molecule has 0 saturated carbocycles. The molecule has 2 aliphatic rings. The summed E-state index contributed by atoms with van der Waals surface area (Å²) < 4.78 is 32.1. The Bertz CT molecular complexity index is 693. The molecular formula is C16H23N3O4S. The molecule has 0 bridgehead atoms. The van der Waals surface area contributed by atoms with Crippen LogP contribution in [-0.2, 0) is 14.8 Å². The summed E-state index contributed by atoms with van der Waals surface area (Å²) in [5.74, 6) is 0. The highest BCUT2D eigenvalue weighted by Gasteiger charge is 2.32. The molecule has 2 aliphatic heterocycles. The van der Waals surface area contributed by atoms with Gasteiger partial charge in [0.25, 0.3) is 0 Å². The van der Waals surface area contributed by atoms with Crippen molar-refractivity contribution in [3.8, 4) is 0 Å². The number of ether oxygens (including phenoxy) is 1. The van der Waals surface area contributed by atoms with Gasteiger partial charge in [0.2, 0.25) is 10.0 Å². The number of carbonyl (C=O) groups is 1. The van der Waals surface area contributed by atoms with Gasteiger partial charge in [-0.1, -0.05) is 12.1 Å². The SMILES string of the molecule is Cc1cccc(S(=O)(=O)N2CCN(C(=O)N3CCOCC3)CC2)c1. The zero-order valence-corrected chi connectivity index (χ0v) is 14.7. The first-order chi connectivity index (χ1) is 11.5. The van der Waals surface area contributed by atoms with E-state index in [0.717, 1.165) is 5.56 Å². The largest absolute Gasteiger partial charge is 0.378 e. The molecule has 0 N–H and O–H groups in total. The summed E-state index contributed by atoms with van der Waals surface area (Å²) in [7, 11) is -3.50. The first kappa shape index (κ1) is 17.2. The number of benzene rings is 1. The average molecular weight is 353 g/mol. The lowest BCUT2D eigenvalue weighted by Gasteiger charge is -2.38. The summed E-state index contributed by atoms with van der Waals surface area (Å²) in [6.45, 7) is 5.68. The molecule has 2 heterocycles. The van der Waals surface area contributed by atoms with Crippen molar-refractivity contribution in [1.82, 2.24) is 14.1 Å². The van der Waals surface area contributed by atoms with Gasteiger partial charge in [-0.2, -0.15) is 4.31 Å². The van der Waals surface area contributed by atoms with E-state index in [9.17, 15) is 13.2 Å². The molecule has 0 spiro atoms. The fourth-order valence-corrected chi connectivity index (χ4v) is 4.53. The number of nitrogens with zero attached hydrogens (tertiary/aromatic N) is 3. The van der Waals surface area contributed by atoms with Gasteiger partial charge in [-0.15, -0.1) is 0 Å². The quantitative estimate of drug-likeness (QED) is 0.787. The van der Waals surface area contributed by atoms with Crippen LogP contribution in [0.5, 0.6) is 0 Å². The molecule has 2 amide bonds. The lowest BCUT2D eigenvalue weighted by molar-refractivity contribution is 0.0405. The number of carbonyl (C=O) groups excluding carboxylic acids is 1. The van der Waals surface area contributed by atoms with Gasteiger partial charge in [-0.3, -0.25) is 0 Å². The summed E-state index contributed by atoms with van der Waals surface area (Å²) in [5.41, 5.74) is 0.914. The molecule has 0 radical (unpaired) electrons. The summed E-state index contributed by atoms with van der Waals surface area (Å²) in [5, 5.41) is 0. The monoisotopic (exact) mass is 353 g/mol. The van der Waals surface area contributed by atoms with E-state index < -0.39 is 10.0 Å². The molecule has 24 heavy (non-hydrogen) atoms. The number of aryl methyl sites for hydroxylation is 1. The van der Waals surface area contributed by atoms with Crippen LogP contribution < -0.4 is 0 Å². The first-order valence-electron chi connectivity index (χ1n) is 8.17. The van der Waals surface area contributed by atoms with Crippen molar-refractivity contribution in [2.45, 2.75) is 11.8 Å². The Hall–Kier alpha value is -1.64. The van der Waals surface area contributed by atoms with Crippen LogP contribution in [0.15, 0.2) is 29.2 Å². The van der Waals surface area contributed by atoms with Crippen molar-refractivity contribution >= 4 is 16.1 Å². The maximum Gasteiger partial charge on any atom is 0.320 e. The summed E-state index contributed by atoms with van der Waals surface area (Å²) in [4.78, 5) is 16.3. The van der Waals surface area contributed by atoms with Crippen LogP contribution in [0, 0.1) is 6.92 Å². The van der Waals surface area contributed by atoms with E-state index >= 15 is 0 Å². The van der Waals surface area contributed by atoms with Crippen LogP contribution in [0.1, 0.15) is 5.56 Å². The van der Waals surface area contributed by atoms with Crippen LogP contribution in [0.25, 0.3) is 0 Å². The molecule has 1 aromatic rings. The van der Waals surface area contributed by atoms with E-state index in [0.29, 0.717) is 57.4 Å².